The van der Waals surface area contributed by atoms with Crippen molar-refractivity contribution in [3.63, 3.8) is 0 Å². The number of rotatable bonds is 3. The van der Waals surface area contributed by atoms with E-state index in [4.69, 9.17) is 0 Å². The van der Waals surface area contributed by atoms with Gasteiger partial charge in [-0.1, -0.05) is 18.2 Å². The van der Waals surface area contributed by atoms with Crippen LogP contribution in [0.1, 0.15) is 10.4 Å². The van der Waals surface area contributed by atoms with E-state index in [1.807, 2.05) is 54.8 Å². The lowest BCUT2D eigenvalue weighted by atomic mass is 10.2. The number of para-hydroxylation sites is 1. The fourth-order valence-electron chi connectivity index (χ4n) is 2.09. The quantitative estimate of drug-likeness (QED) is 0.733. The minimum absolute atomic E-state index is 0.152. The van der Waals surface area contributed by atoms with E-state index >= 15 is 0 Å². The molecule has 0 radical (unpaired) electrons. The van der Waals surface area contributed by atoms with Crippen molar-refractivity contribution in [3.8, 4) is 0 Å². The van der Waals surface area contributed by atoms with Crippen LogP contribution in [0.2, 0.25) is 0 Å². The molecule has 3 rings (SSSR count). The topological polar surface area (TPSA) is 42.0 Å². The lowest BCUT2D eigenvalue weighted by Gasteiger charge is -2.05. The highest BCUT2D eigenvalue weighted by atomic mass is 32.1. The Morgan fingerprint density at radius 1 is 1.24 bits per heavy atom. The number of carbonyl (C=O) groups excluding carboxylic acids is 1. The molecule has 0 aliphatic rings. The van der Waals surface area contributed by atoms with Crippen LogP contribution in [0.25, 0.3) is 17.0 Å². The number of benzene rings is 1. The number of hydrogen-bond acceptors (Lipinski definition) is 3. The van der Waals surface area contributed by atoms with E-state index in [2.05, 4.69) is 10.3 Å². The molecule has 0 spiro atoms. The third kappa shape index (κ3) is 3.01. The highest BCUT2D eigenvalue weighted by Crippen LogP contribution is 2.21. The average Bonchev–Trinajstić information content (AvgIpc) is 2.91. The van der Waals surface area contributed by atoms with Crippen LogP contribution < -0.4 is 5.32 Å². The summed E-state index contributed by atoms with van der Waals surface area (Å²) in [6, 6.07) is 11.6. The fourth-order valence-corrected chi connectivity index (χ4v) is 2.91. The lowest BCUT2D eigenvalue weighted by molar-refractivity contribution is -0.111. The second-order valence-corrected chi connectivity index (χ2v) is 5.62. The minimum atomic E-state index is -0.152. The van der Waals surface area contributed by atoms with E-state index in [-0.39, 0.29) is 5.91 Å². The number of aryl methyl sites for hydroxylation is 1. The first-order valence-corrected chi connectivity index (χ1v) is 7.49. The molecule has 0 bridgehead atoms. The zero-order valence-corrected chi connectivity index (χ0v) is 12.4. The molecule has 1 amide bonds. The summed E-state index contributed by atoms with van der Waals surface area (Å²) in [5.41, 5.74) is 2.70. The first kappa shape index (κ1) is 13.5. The molecule has 21 heavy (non-hydrogen) atoms. The standard InChI is InChI=1S/C17H14N2OS/c1-12-9-11-21-15(12)7-8-16(20)19-14-6-2-4-13-5-3-10-18-17(13)14/h2-11H,1H3,(H,19,20)/b8-7+. The monoisotopic (exact) mass is 294 g/mol. The molecule has 3 nitrogen and oxygen atoms in total. The summed E-state index contributed by atoms with van der Waals surface area (Å²) in [4.78, 5) is 17.5. The first-order chi connectivity index (χ1) is 10.2. The van der Waals surface area contributed by atoms with Gasteiger partial charge in [-0.2, -0.15) is 0 Å². The van der Waals surface area contributed by atoms with Gasteiger partial charge in [-0.25, -0.2) is 0 Å². The maximum Gasteiger partial charge on any atom is 0.248 e. The molecule has 3 aromatic rings. The highest BCUT2D eigenvalue weighted by molar-refractivity contribution is 7.11. The lowest BCUT2D eigenvalue weighted by Crippen LogP contribution is -2.08. The van der Waals surface area contributed by atoms with E-state index in [0.29, 0.717) is 0 Å². The largest absolute Gasteiger partial charge is 0.321 e. The number of nitrogens with one attached hydrogen (secondary N) is 1. The van der Waals surface area contributed by atoms with Gasteiger partial charge < -0.3 is 5.32 Å². The predicted molar refractivity (Wildman–Crippen MR) is 88.5 cm³/mol. The smallest absolute Gasteiger partial charge is 0.248 e. The molecule has 0 aliphatic heterocycles. The fraction of sp³-hybridized carbons (Fsp3) is 0.0588. The van der Waals surface area contributed by atoms with E-state index in [9.17, 15) is 4.79 Å². The van der Waals surface area contributed by atoms with Crippen LogP contribution in [-0.2, 0) is 4.79 Å². The van der Waals surface area contributed by atoms with E-state index < -0.39 is 0 Å². The van der Waals surface area contributed by atoms with Gasteiger partial charge in [-0.3, -0.25) is 9.78 Å². The molecule has 0 aliphatic carbocycles. The van der Waals surface area contributed by atoms with Crippen molar-refractivity contribution in [1.29, 1.82) is 0 Å². The molecule has 0 unspecified atom stereocenters. The van der Waals surface area contributed by atoms with Crippen molar-refractivity contribution >= 4 is 39.9 Å². The molecule has 104 valence electrons. The second kappa shape index (κ2) is 5.89. The molecule has 1 aromatic carbocycles. The van der Waals surface area contributed by atoms with Crippen molar-refractivity contribution in [1.82, 2.24) is 4.98 Å². The van der Waals surface area contributed by atoms with Gasteiger partial charge in [0.15, 0.2) is 0 Å². The van der Waals surface area contributed by atoms with Gasteiger partial charge in [0.25, 0.3) is 0 Å². The average molecular weight is 294 g/mol. The molecule has 0 saturated heterocycles. The maximum absolute atomic E-state index is 12.0. The highest BCUT2D eigenvalue weighted by Gasteiger charge is 2.04. The summed E-state index contributed by atoms with van der Waals surface area (Å²) >= 11 is 1.62. The Bertz CT molecular complexity index is 815. The van der Waals surface area contributed by atoms with Crippen molar-refractivity contribution in [2.75, 3.05) is 5.32 Å². The summed E-state index contributed by atoms with van der Waals surface area (Å²) in [5.74, 6) is -0.152. The van der Waals surface area contributed by atoms with Gasteiger partial charge in [0.2, 0.25) is 5.91 Å². The Morgan fingerprint density at radius 3 is 2.90 bits per heavy atom. The second-order valence-electron chi connectivity index (χ2n) is 4.67. The molecule has 0 atom stereocenters. The van der Waals surface area contributed by atoms with Gasteiger partial charge in [-0.05, 0) is 42.1 Å². The van der Waals surface area contributed by atoms with E-state index in [1.54, 1.807) is 23.6 Å². The first-order valence-electron chi connectivity index (χ1n) is 6.61. The number of anilines is 1. The van der Waals surface area contributed by atoms with Gasteiger partial charge in [-0.15, -0.1) is 11.3 Å². The zero-order valence-electron chi connectivity index (χ0n) is 11.5. The van der Waals surface area contributed by atoms with Crippen LogP contribution >= 0.6 is 11.3 Å². The number of nitrogens with zero attached hydrogens (tertiary/aromatic N) is 1. The number of thiophene rings is 1. The number of carbonyl (C=O) groups is 1. The molecule has 1 N–H and O–H groups in total. The molecule has 2 aromatic heterocycles. The molecule has 4 heteroatoms. The Morgan fingerprint density at radius 2 is 2.10 bits per heavy atom. The van der Waals surface area contributed by atoms with Crippen molar-refractivity contribution < 1.29 is 4.79 Å². The Kier molecular flexibility index (Phi) is 3.79. The van der Waals surface area contributed by atoms with Gasteiger partial charge >= 0.3 is 0 Å². The number of pyridine rings is 1. The molecular weight excluding hydrogens is 280 g/mol. The molecular formula is C17H14N2OS. The zero-order chi connectivity index (χ0) is 14.7. The van der Waals surface area contributed by atoms with Crippen LogP contribution in [-0.4, -0.2) is 10.9 Å². The van der Waals surface area contributed by atoms with Crippen LogP contribution in [0.5, 0.6) is 0 Å². The Balaban J connectivity index is 1.81. The number of aromatic nitrogens is 1. The summed E-state index contributed by atoms with van der Waals surface area (Å²) in [6.07, 6.45) is 5.12. The van der Waals surface area contributed by atoms with Crippen molar-refractivity contribution in [2.45, 2.75) is 6.92 Å². The van der Waals surface area contributed by atoms with Gasteiger partial charge in [0, 0.05) is 22.5 Å². The minimum Gasteiger partial charge on any atom is -0.321 e. The summed E-state index contributed by atoms with van der Waals surface area (Å²) in [5, 5.41) is 5.91. The van der Waals surface area contributed by atoms with Crippen molar-refractivity contribution in [2.24, 2.45) is 0 Å². The maximum atomic E-state index is 12.0. The van der Waals surface area contributed by atoms with Crippen molar-refractivity contribution in [3.05, 3.63) is 64.5 Å². The van der Waals surface area contributed by atoms with Gasteiger partial charge in [0.05, 0.1) is 11.2 Å². The Hall–Kier alpha value is -2.46. The predicted octanol–water partition coefficient (Wildman–Crippen LogP) is 4.26. The Labute approximate surface area is 127 Å². The summed E-state index contributed by atoms with van der Waals surface area (Å²) in [7, 11) is 0. The van der Waals surface area contributed by atoms with E-state index in [0.717, 1.165) is 21.5 Å². The van der Waals surface area contributed by atoms with Crippen LogP contribution in [0.4, 0.5) is 5.69 Å². The molecule has 0 fully saturated rings. The normalized spacial score (nSPS) is 11.1. The van der Waals surface area contributed by atoms with Crippen LogP contribution in [0.3, 0.4) is 0 Å². The van der Waals surface area contributed by atoms with Gasteiger partial charge in [0.1, 0.15) is 0 Å². The SMILES string of the molecule is Cc1ccsc1/C=C/C(=O)Nc1cccc2cccnc12. The number of amides is 1. The number of hydrogen-bond donors (Lipinski definition) is 1. The summed E-state index contributed by atoms with van der Waals surface area (Å²) in [6.45, 7) is 2.03. The van der Waals surface area contributed by atoms with Crippen LogP contribution in [0, 0.1) is 6.92 Å². The van der Waals surface area contributed by atoms with Crippen LogP contribution in [0.15, 0.2) is 54.1 Å². The summed E-state index contributed by atoms with van der Waals surface area (Å²) < 4.78 is 0. The van der Waals surface area contributed by atoms with E-state index in [1.165, 1.54) is 5.56 Å². The number of fused-ring (bicyclic) bond motifs is 1. The molecule has 2 heterocycles. The third-order valence-electron chi connectivity index (χ3n) is 3.18. The molecule has 0 saturated carbocycles. The third-order valence-corrected chi connectivity index (χ3v) is 4.16.